The molecule has 0 aliphatic heterocycles. The molecule has 0 radical (unpaired) electrons. The molecule has 2 N–H and O–H groups in total. The molecule has 10 heteroatoms. The van der Waals surface area contributed by atoms with Crippen LogP contribution in [-0.2, 0) is 4.79 Å². The van der Waals surface area contributed by atoms with E-state index in [-0.39, 0.29) is 17.6 Å². The Kier molecular flexibility index (Phi) is 6.17. The second-order valence-corrected chi connectivity index (χ2v) is 7.85. The largest absolute Gasteiger partial charge is 0.497 e. The van der Waals surface area contributed by atoms with Gasteiger partial charge < -0.3 is 10.1 Å². The molecule has 3 amide bonds. The number of hydrogen-bond acceptors (Lipinski definition) is 6. The number of anilines is 1. The van der Waals surface area contributed by atoms with Crippen molar-refractivity contribution in [3.63, 3.8) is 0 Å². The molecule has 1 aliphatic carbocycles. The van der Waals surface area contributed by atoms with Crippen molar-refractivity contribution in [2.75, 3.05) is 18.2 Å². The van der Waals surface area contributed by atoms with Crippen LogP contribution >= 0.6 is 11.8 Å². The molecule has 1 aromatic heterocycles. The highest BCUT2D eigenvalue weighted by Gasteiger charge is 2.31. The van der Waals surface area contributed by atoms with E-state index in [9.17, 15) is 14.0 Å². The van der Waals surface area contributed by atoms with Gasteiger partial charge in [-0.05, 0) is 49.2 Å². The summed E-state index contributed by atoms with van der Waals surface area (Å²) in [6.45, 7) is 0. The molecule has 1 heterocycles. The minimum atomic E-state index is -0.633. The highest BCUT2D eigenvalue weighted by Crippen LogP contribution is 2.41. The van der Waals surface area contributed by atoms with Gasteiger partial charge in [0.25, 0.3) is 0 Å². The first kappa shape index (κ1) is 20.9. The van der Waals surface area contributed by atoms with Crippen LogP contribution in [0.15, 0.2) is 53.7 Å². The Labute approximate surface area is 182 Å². The van der Waals surface area contributed by atoms with Crippen molar-refractivity contribution in [3.8, 4) is 17.1 Å². The number of halogens is 1. The summed E-state index contributed by atoms with van der Waals surface area (Å²) in [6.07, 6.45) is 1.90. The third kappa shape index (κ3) is 5.02. The number of aromatic nitrogens is 3. The lowest BCUT2D eigenvalue weighted by Gasteiger charge is -2.10. The molecule has 1 aliphatic rings. The molecule has 160 valence electrons. The molecular weight excluding hydrogens is 421 g/mol. The third-order valence-corrected chi connectivity index (χ3v) is 5.57. The number of amides is 3. The van der Waals surface area contributed by atoms with Gasteiger partial charge in [-0.3, -0.25) is 14.7 Å². The number of nitrogens with zero attached hydrogens (tertiary/aromatic N) is 3. The van der Waals surface area contributed by atoms with E-state index in [0.717, 1.165) is 24.6 Å². The fourth-order valence-electron chi connectivity index (χ4n) is 2.99. The van der Waals surface area contributed by atoms with E-state index in [1.165, 1.54) is 6.07 Å². The summed E-state index contributed by atoms with van der Waals surface area (Å²) in [6, 6.07) is 12.7. The number of carbonyl (C=O) groups is 2. The topological polar surface area (TPSA) is 98.1 Å². The number of thioether (sulfide) groups is 1. The Morgan fingerprint density at radius 2 is 1.90 bits per heavy atom. The molecule has 0 atom stereocenters. The number of hydrogen-bond donors (Lipinski definition) is 2. The normalized spacial score (nSPS) is 13.0. The van der Waals surface area contributed by atoms with Crippen LogP contribution in [0.3, 0.4) is 0 Å². The lowest BCUT2D eigenvalue weighted by atomic mass is 10.2. The van der Waals surface area contributed by atoms with Crippen molar-refractivity contribution in [1.29, 1.82) is 0 Å². The zero-order valence-electron chi connectivity index (χ0n) is 16.7. The maximum Gasteiger partial charge on any atom is 0.325 e. The molecule has 31 heavy (non-hydrogen) atoms. The van der Waals surface area contributed by atoms with Crippen LogP contribution < -0.4 is 15.4 Å². The molecular formula is C21H20FN5O3S. The molecule has 3 aromatic rings. The first-order valence-corrected chi connectivity index (χ1v) is 10.6. The Hall–Kier alpha value is -3.40. The zero-order valence-corrected chi connectivity index (χ0v) is 17.5. The molecule has 1 fully saturated rings. The molecule has 0 saturated heterocycles. The number of benzene rings is 2. The minimum absolute atomic E-state index is 0.0296. The Morgan fingerprint density at radius 3 is 2.58 bits per heavy atom. The van der Waals surface area contributed by atoms with Crippen LogP contribution in [0.4, 0.5) is 14.9 Å². The van der Waals surface area contributed by atoms with Gasteiger partial charge in [-0.15, -0.1) is 10.2 Å². The fraction of sp³-hybridized carbons (Fsp3) is 0.238. The van der Waals surface area contributed by atoms with E-state index in [2.05, 4.69) is 20.8 Å². The Balaban J connectivity index is 1.37. The average molecular weight is 441 g/mol. The summed E-state index contributed by atoms with van der Waals surface area (Å²) in [7, 11) is 1.55. The Bertz CT molecular complexity index is 1100. The Morgan fingerprint density at radius 1 is 1.16 bits per heavy atom. The van der Waals surface area contributed by atoms with E-state index < -0.39 is 11.9 Å². The molecule has 8 nitrogen and oxygen atoms in total. The minimum Gasteiger partial charge on any atom is -0.497 e. The smallest absolute Gasteiger partial charge is 0.325 e. The van der Waals surface area contributed by atoms with Crippen molar-refractivity contribution in [2.24, 2.45) is 0 Å². The van der Waals surface area contributed by atoms with Crippen LogP contribution in [0.1, 0.15) is 18.9 Å². The quantitative estimate of drug-likeness (QED) is 0.540. The summed E-state index contributed by atoms with van der Waals surface area (Å²) in [4.78, 5) is 24.3. The van der Waals surface area contributed by atoms with Crippen molar-refractivity contribution >= 4 is 29.4 Å². The van der Waals surface area contributed by atoms with E-state index >= 15 is 0 Å². The van der Waals surface area contributed by atoms with Crippen LogP contribution in [0, 0.1) is 5.82 Å². The van der Waals surface area contributed by atoms with Crippen LogP contribution in [0.2, 0.25) is 0 Å². The predicted molar refractivity (Wildman–Crippen MR) is 115 cm³/mol. The number of imide groups is 1. The van der Waals surface area contributed by atoms with Gasteiger partial charge in [0, 0.05) is 11.7 Å². The first-order chi connectivity index (χ1) is 15.0. The van der Waals surface area contributed by atoms with E-state index in [1.54, 1.807) is 49.6 Å². The molecule has 1 saturated carbocycles. The van der Waals surface area contributed by atoms with Crippen molar-refractivity contribution in [2.45, 2.75) is 24.0 Å². The summed E-state index contributed by atoms with van der Waals surface area (Å²) in [5.74, 6) is 0.224. The number of nitrogens with one attached hydrogen (secondary N) is 2. The summed E-state index contributed by atoms with van der Waals surface area (Å²) < 4.78 is 21.2. The van der Waals surface area contributed by atoms with Gasteiger partial charge in [0.2, 0.25) is 5.91 Å². The highest BCUT2D eigenvalue weighted by atomic mass is 32.2. The fourth-order valence-corrected chi connectivity index (χ4v) is 3.80. The summed E-state index contributed by atoms with van der Waals surface area (Å²) in [5, 5.41) is 13.7. The lowest BCUT2D eigenvalue weighted by molar-refractivity contribution is -0.117. The summed E-state index contributed by atoms with van der Waals surface area (Å²) >= 11 is 1.16. The van der Waals surface area contributed by atoms with Gasteiger partial charge in [-0.2, -0.15) is 0 Å². The highest BCUT2D eigenvalue weighted by molar-refractivity contribution is 7.99. The predicted octanol–water partition coefficient (Wildman–Crippen LogP) is 3.87. The maximum atomic E-state index is 14.2. The second kappa shape index (κ2) is 9.17. The average Bonchev–Trinajstić information content (AvgIpc) is 3.52. The van der Waals surface area contributed by atoms with Crippen LogP contribution in [-0.4, -0.2) is 39.6 Å². The van der Waals surface area contributed by atoms with Crippen molar-refractivity contribution in [1.82, 2.24) is 20.1 Å². The number of methoxy groups -OCH3 is 1. The molecule has 2 aromatic carbocycles. The van der Waals surface area contributed by atoms with Gasteiger partial charge in [0.15, 0.2) is 11.0 Å². The van der Waals surface area contributed by atoms with Crippen LogP contribution in [0.25, 0.3) is 11.4 Å². The van der Waals surface area contributed by atoms with Crippen LogP contribution in [0.5, 0.6) is 5.75 Å². The molecule has 0 unspecified atom stereocenters. The number of rotatable bonds is 7. The van der Waals surface area contributed by atoms with Crippen molar-refractivity contribution in [3.05, 3.63) is 54.3 Å². The molecule has 0 bridgehead atoms. The lowest BCUT2D eigenvalue weighted by Crippen LogP contribution is -2.35. The number of ether oxygens (including phenoxy) is 1. The second-order valence-electron chi connectivity index (χ2n) is 6.91. The van der Waals surface area contributed by atoms with Crippen molar-refractivity contribution < 1.29 is 18.7 Å². The maximum absolute atomic E-state index is 14.2. The van der Waals surface area contributed by atoms with E-state index in [1.807, 2.05) is 4.57 Å². The van der Waals surface area contributed by atoms with E-state index in [4.69, 9.17) is 4.74 Å². The van der Waals surface area contributed by atoms with Gasteiger partial charge in [0.05, 0.1) is 18.4 Å². The van der Waals surface area contributed by atoms with Gasteiger partial charge >= 0.3 is 6.03 Å². The standard InChI is InChI=1S/C21H20FN5O3S/c1-30-15-10-6-13(7-11-15)23-20(29)24-18(28)12-31-21-26-25-19(27(21)14-8-9-14)16-4-2-3-5-17(16)22/h2-7,10-11,14H,8-9,12H2,1H3,(H2,23,24,28,29). The van der Waals surface area contributed by atoms with Gasteiger partial charge in [-0.25, -0.2) is 9.18 Å². The molecule has 0 spiro atoms. The summed E-state index contributed by atoms with van der Waals surface area (Å²) in [5.41, 5.74) is 0.902. The van der Waals surface area contributed by atoms with E-state index in [0.29, 0.717) is 28.0 Å². The van der Waals surface area contributed by atoms with Gasteiger partial charge in [-0.1, -0.05) is 23.9 Å². The first-order valence-electron chi connectivity index (χ1n) is 9.62. The monoisotopic (exact) mass is 441 g/mol. The number of urea groups is 1. The zero-order chi connectivity index (χ0) is 21.8. The molecule has 4 rings (SSSR count). The SMILES string of the molecule is COc1ccc(NC(=O)NC(=O)CSc2nnc(-c3ccccc3F)n2C2CC2)cc1. The third-order valence-electron chi connectivity index (χ3n) is 4.62. The number of carbonyl (C=O) groups excluding carboxylic acids is 2. The van der Waals surface area contributed by atoms with Gasteiger partial charge in [0.1, 0.15) is 11.6 Å².